The zero-order valence-electron chi connectivity index (χ0n) is 10.3. The van der Waals surface area contributed by atoms with Crippen molar-refractivity contribution >= 4 is 17.7 Å². The Morgan fingerprint density at radius 1 is 1.47 bits per heavy atom. The van der Waals surface area contributed by atoms with Crippen molar-refractivity contribution in [2.75, 3.05) is 18.9 Å². The largest absolute Gasteiger partial charge is 0.507 e. The van der Waals surface area contributed by atoms with E-state index in [9.17, 15) is 14.7 Å². The number of phenols is 1. The van der Waals surface area contributed by atoms with E-state index >= 15 is 0 Å². The van der Waals surface area contributed by atoms with Crippen LogP contribution in [0.1, 0.15) is 16.8 Å². The van der Waals surface area contributed by atoms with Crippen LogP contribution in [0, 0.1) is 11.3 Å². The molecule has 0 heterocycles. The topological polar surface area (TPSA) is 114 Å². The third kappa shape index (κ3) is 3.89. The second-order valence-electron chi connectivity index (χ2n) is 3.80. The van der Waals surface area contributed by atoms with Crippen molar-refractivity contribution in [3.63, 3.8) is 0 Å². The highest BCUT2D eigenvalue weighted by molar-refractivity contribution is 5.93. The summed E-state index contributed by atoms with van der Waals surface area (Å²) in [6.45, 7) is 0.279. The lowest BCUT2D eigenvalue weighted by molar-refractivity contribution is 0.0694. The van der Waals surface area contributed by atoms with Crippen LogP contribution >= 0.6 is 0 Å². The van der Waals surface area contributed by atoms with Gasteiger partial charge in [0.1, 0.15) is 11.3 Å². The lowest BCUT2D eigenvalue weighted by Crippen LogP contribution is -2.31. The Morgan fingerprint density at radius 3 is 2.68 bits per heavy atom. The number of aromatic carboxylic acids is 1. The molecule has 0 saturated heterocycles. The highest BCUT2D eigenvalue weighted by Crippen LogP contribution is 2.22. The molecule has 0 aromatic heterocycles. The molecular formula is C12H13N3O4. The van der Waals surface area contributed by atoms with Crippen LogP contribution < -0.4 is 5.32 Å². The van der Waals surface area contributed by atoms with Gasteiger partial charge in [0.05, 0.1) is 12.5 Å². The summed E-state index contributed by atoms with van der Waals surface area (Å²) in [6, 6.07) is 5.20. The van der Waals surface area contributed by atoms with Crippen molar-refractivity contribution < 1.29 is 19.8 Å². The number of nitrogens with one attached hydrogen (secondary N) is 1. The maximum Gasteiger partial charge on any atom is 0.339 e. The number of hydrogen-bond acceptors (Lipinski definition) is 4. The number of nitrogens with zero attached hydrogens (tertiary/aromatic N) is 2. The van der Waals surface area contributed by atoms with Gasteiger partial charge >= 0.3 is 12.0 Å². The Balaban J connectivity index is 2.73. The van der Waals surface area contributed by atoms with Crippen LogP contribution in [0.15, 0.2) is 18.2 Å². The molecule has 0 atom stereocenters. The molecule has 3 N–H and O–H groups in total. The number of hydrogen-bond donors (Lipinski definition) is 3. The SMILES string of the molecule is CN(CCC#N)C(=O)Nc1ccc(C(=O)O)c(O)c1. The quantitative estimate of drug-likeness (QED) is 0.761. The Labute approximate surface area is 109 Å². The fourth-order valence-corrected chi connectivity index (χ4v) is 1.33. The third-order valence-electron chi connectivity index (χ3n) is 2.39. The molecular weight excluding hydrogens is 250 g/mol. The van der Waals surface area contributed by atoms with Crippen LogP contribution in [0.5, 0.6) is 5.75 Å². The molecule has 2 amide bonds. The zero-order valence-corrected chi connectivity index (χ0v) is 10.3. The number of urea groups is 1. The average molecular weight is 263 g/mol. The zero-order chi connectivity index (χ0) is 14.4. The number of carbonyl (C=O) groups is 2. The molecule has 19 heavy (non-hydrogen) atoms. The minimum Gasteiger partial charge on any atom is -0.507 e. The van der Waals surface area contributed by atoms with Crippen molar-refractivity contribution in [1.82, 2.24) is 4.90 Å². The minimum atomic E-state index is -1.25. The second-order valence-corrected chi connectivity index (χ2v) is 3.80. The predicted octanol–water partition coefficient (Wildman–Crippen LogP) is 1.47. The molecule has 0 unspecified atom stereocenters. The smallest absolute Gasteiger partial charge is 0.339 e. The van der Waals surface area contributed by atoms with Crippen LogP contribution in [0.4, 0.5) is 10.5 Å². The van der Waals surface area contributed by atoms with Gasteiger partial charge in [-0.25, -0.2) is 9.59 Å². The van der Waals surface area contributed by atoms with Gasteiger partial charge in [0.25, 0.3) is 0 Å². The Morgan fingerprint density at radius 2 is 2.16 bits per heavy atom. The predicted molar refractivity (Wildman–Crippen MR) is 66.9 cm³/mol. The maximum absolute atomic E-state index is 11.7. The number of aromatic hydroxyl groups is 1. The fourth-order valence-electron chi connectivity index (χ4n) is 1.33. The molecule has 100 valence electrons. The molecule has 0 aliphatic rings. The number of amides is 2. The van der Waals surface area contributed by atoms with Crippen molar-refractivity contribution in [3.05, 3.63) is 23.8 Å². The number of nitriles is 1. The fraction of sp³-hybridized carbons (Fsp3) is 0.250. The molecule has 0 bridgehead atoms. The summed E-state index contributed by atoms with van der Waals surface area (Å²) in [4.78, 5) is 23.7. The van der Waals surface area contributed by atoms with Crippen molar-refractivity contribution in [3.8, 4) is 11.8 Å². The highest BCUT2D eigenvalue weighted by atomic mass is 16.4. The van der Waals surface area contributed by atoms with Gasteiger partial charge in [0, 0.05) is 25.3 Å². The highest BCUT2D eigenvalue weighted by Gasteiger charge is 2.12. The normalized spacial score (nSPS) is 9.47. The Hall–Kier alpha value is -2.75. The molecule has 1 rings (SSSR count). The van der Waals surface area contributed by atoms with E-state index in [0.29, 0.717) is 0 Å². The molecule has 0 radical (unpaired) electrons. The van der Waals surface area contributed by atoms with Crippen LogP contribution in [-0.2, 0) is 0 Å². The number of benzene rings is 1. The first-order chi connectivity index (χ1) is 8.95. The average Bonchev–Trinajstić information content (AvgIpc) is 2.35. The molecule has 0 aliphatic heterocycles. The molecule has 0 spiro atoms. The number of rotatable bonds is 4. The van der Waals surface area contributed by atoms with Crippen LogP contribution in [-0.4, -0.2) is 40.7 Å². The first-order valence-corrected chi connectivity index (χ1v) is 5.41. The Kier molecular flexibility index (Phi) is 4.71. The standard InChI is InChI=1S/C12H13N3O4/c1-15(6-2-5-13)12(19)14-8-3-4-9(11(17)18)10(16)7-8/h3-4,7,16H,2,6H2,1H3,(H,14,19)(H,17,18). The van der Waals surface area contributed by atoms with E-state index in [1.807, 2.05) is 6.07 Å². The number of carboxylic acid groups (broad SMARTS) is 1. The van der Waals surface area contributed by atoms with E-state index in [-0.39, 0.29) is 24.2 Å². The van der Waals surface area contributed by atoms with E-state index in [0.717, 1.165) is 6.07 Å². The van der Waals surface area contributed by atoms with Crippen molar-refractivity contribution in [2.45, 2.75) is 6.42 Å². The van der Waals surface area contributed by atoms with E-state index < -0.39 is 17.7 Å². The molecule has 0 fully saturated rings. The van der Waals surface area contributed by atoms with Gasteiger partial charge in [-0.1, -0.05) is 0 Å². The van der Waals surface area contributed by atoms with Crippen molar-refractivity contribution in [2.24, 2.45) is 0 Å². The summed E-state index contributed by atoms with van der Waals surface area (Å²) in [5.41, 5.74) is 0.0344. The van der Waals surface area contributed by atoms with Crippen LogP contribution in [0.2, 0.25) is 0 Å². The first kappa shape index (κ1) is 14.3. The molecule has 0 aliphatic carbocycles. The van der Waals surface area contributed by atoms with E-state index in [1.165, 1.54) is 24.1 Å². The number of carbonyl (C=O) groups excluding carboxylic acids is 1. The summed E-state index contributed by atoms with van der Waals surface area (Å²) >= 11 is 0. The molecule has 1 aromatic carbocycles. The van der Waals surface area contributed by atoms with Gasteiger partial charge < -0.3 is 20.4 Å². The van der Waals surface area contributed by atoms with Gasteiger partial charge in [0.2, 0.25) is 0 Å². The van der Waals surface area contributed by atoms with E-state index in [2.05, 4.69) is 5.32 Å². The monoisotopic (exact) mass is 263 g/mol. The Bertz CT molecular complexity index is 536. The second kappa shape index (κ2) is 6.26. The van der Waals surface area contributed by atoms with Gasteiger partial charge in [-0.15, -0.1) is 0 Å². The van der Waals surface area contributed by atoms with Gasteiger partial charge in [-0.05, 0) is 12.1 Å². The summed E-state index contributed by atoms with van der Waals surface area (Å²) in [6.07, 6.45) is 0.215. The summed E-state index contributed by atoms with van der Waals surface area (Å²) in [7, 11) is 1.53. The third-order valence-corrected chi connectivity index (χ3v) is 2.39. The molecule has 7 heteroatoms. The minimum absolute atomic E-state index is 0.215. The lowest BCUT2D eigenvalue weighted by atomic mass is 10.2. The van der Waals surface area contributed by atoms with Crippen molar-refractivity contribution in [1.29, 1.82) is 5.26 Å². The molecule has 1 aromatic rings. The molecule has 0 saturated carbocycles. The summed E-state index contributed by atoms with van der Waals surface area (Å²) in [5, 5.41) is 29.1. The van der Waals surface area contributed by atoms with E-state index in [4.69, 9.17) is 10.4 Å². The number of anilines is 1. The van der Waals surface area contributed by atoms with Gasteiger partial charge in [0.15, 0.2) is 0 Å². The van der Waals surface area contributed by atoms with Crippen LogP contribution in [0.3, 0.4) is 0 Å². The van der Waals surface area contributed by atoms with Gasteiger partial charge in [-0.3, -0.25) is 0 Å². The van der Waals surface area contributed by atoms with Gasteiger partial charge in [-0.2, -0.15) is 5.26 Å². The van der Waals surface area contributed by atoms with Crippen LogP contribution in [0.25, 0.3) is 0 Å². The van der Waals surface area contributed by atoms with E-state index in [1.54, 1.807) is 0 Å². The molecule has 7 nitrogen and oxygen atoms in total. The summed E-state index contributed by atoms with van der Waals surface area (Å²) in [5.74, 6) is -1.67. The maximum atomic E-state index is 11.7. The summed E-state index contributed by atoms with van der Waals surface area (Å²) < 4.78 is 0. The lowest BCUT2D eigenvalue weighted by Gasteiger charge is -2.16. The number of carboxylic acids is 1. The first-order valence-electron chi connectivity index (χ1n) is 5.41.